The molecule has 1 amide bonds. The van der Waals surface area contributed by atoms with Gasteiger partial charge in [-0.1, -0.05) is 19.9 Å². The predicted molar refractivity (Wildman–Crippen MR) is 135 cm³/mol. The first kappa shape index (κ1) is 27.4. The number of anilines is 1. The molecular weight excluding hydrogens is 454 g/mol. The molecule has 0 aliphatic rings. The van der Waals surface area contributed by atoms with Crippen molar-refractivity contribution >= 4 is 22.7 Å². The van der Waals surface area contributed by atoms with Crippen molar-refractivity contribution in [1.82, 2.24) is 0 Å². The SMILES string of the molecule is CC.COc1ccc(-c2cc(=O)oc3c(OC)c(OC)c(OC)cc23)cc1NC(=O)OC(C)(C)C. The van der Waals surface area contributed by atoms with Crippen LogP contribution in [0.2, 0.25) is 0 Å². The van der Waals surface area contributed by atoms with Crippen LogP contribution < -0.4 is 29.9 Å². The number of carbonyl (C=O) groups excluding carboxylic acids is 1. The molecule has 0 aliphatic carbocycles. The van der Waals surface area contributed by atoms with E-state index in [0.29, 0.717) is 39.4 Å². The van der Waals surface area contributed by atoms with Gasteiger partial charge in [-0.25, -0.2) is 9.59 Å². The summed E-state index contributed by atoms with van der Waals surface area (Å²) in [6.07, 6.45) is -0.636. The number of carbonyl (C=O) groups is 1. The lowest BCUT2D eigenvalue weighted by molar-refractivity contribution is 0.0635. The Labute approximate surface area is 204 Å². The fourth-order valence-electron chi connectivity index (χ4n) is 3.38. The predicted octanol–water partition coefficient (Wildman–Crippen LogP) is 5.87. The topological polar surface area (TPSA) is 105 Å². The summed E-state index contributed by atoms with van der Waals surface area (Å²) in [6, 6.07) is 8.17. The Hall–Kier alpha value is -3.88. The van der Waals surface area contributed by atoms with Crippen LogP contribution in [0.4, 0.5) is 10.5 Å². The molecule has 0 saturated carbocycles. The Morgan fingerprint density at radius 1 is 0.857 bits per heavy atom. The van der Waals surface area contributed by atoms with Crippen molar-refractivity contribution in [3.05, 3.63) is 40.8 Å². The number of benzene rings is 2. The van der Waals surface area contributed by atoms with E-state index >= 15 is 0 Å². The van der Waals surface area contributed by atoms with E-state index in [4.69, 9.17) is 28.1 Å². The van der Waals surface area contributed by atoms with Crippen LogP contribution in [0.15, 0.2) is 39.5 Å². The Morgan fingerprint density at radius 2 is 1.49 bits per heavy atom. The minimum atomic E-state index is -0.671. The summed E-state index contributed by atoms with van der Waals surface area (Å²) < 4.78 is 32.5. The smallest absolute Gasteiger partial charge is 0.412 e. The lowest BCUT2D eigenvalue weighted by Crippen LogP contribution is -2.27. The van der Waals surface area contributed by atoms with Gasteiger partial charge in [0.05, 0.1) is 34.1 Å². The van der Waals surface area contributed by atoms with Crippen LogP contribution in [0.3, 0.4) is 0 Å². The molecule has 0 unspecified atom stereocenters. The van der Waals surface area contributed by atoms with Gasteiger partial charge in [-0.05, 0) is 44.5 Å². The van der Waals surface area contributed by atoms with Crippen LogP contribution >= 0.6 is 0 Å². The molecular formula is C26H33NO8. The first-order valence-electron chi connectivity index (χ1n) is 11.1. The van der Waals surface area contributed by atoms with E-state index in [-0.39, 0.29) is 11.3 Å². The minimum absolute atomic E-state index is 0.204. The molecule has 9 heteroatoms. The average molecular weight is 488 g/mol. The highest BCUT2D eigenvalue weighted by molar-refractivity contribution is 6.00. The third-order valence-corrected chi connectivity index (χ3v) is 4.69. The van der Waals surface area contributed by atoms with E-state index in [9.17, 15) is 9.59 Å². The summed E-state index contributed by atoms with van der Waals surface area (Å²) in [5.74, 6) is 1.35. The van der Waals surface area contributed by atoms with E-state index in [1.165, 1.54) is 34.5 Å². The molecule has 190 valence electrons. The van der Waals surface area contributed by atoms with Crippen molar-refractivity contribution in [1.29, 1.82) is 0 Å². The second-order valence-electron chi connectivity index (χ2n) is 8.04. The molecule has 3 aromatic rings. The molecule has 3 rings (SSSR count). The number of ether oxygens (including phenoxy) is 5. The number of rotatable bonds is 6. The summed E-state index contributed by atoms with van der Waals surface area (Å²) in [7, 11) is 5.90. The average Bonchev–Trinajstić information content (AvgIpc) is 2.82. The number of amides is 1. The van der Waals surface area contributed by atoms with Gasteiger partial charge < -0.3 is 28.1 Å². The van der Waals surface area contributed by atoms with E-state index < -0.39 is 17.3 Å². The molecule has 2 aromatic carbocycles. The van der Waals surface area contributed by atoms with Gasteiger partial charge in [-0.2, -0.15) is 0 Å². The van der Waals surface area contributed by atoms with Crippen molar-refractivity contribution in [2.24, 2.45) is 0 Å². The summed E-state index contributed by atoms with van der Waals surface area (Å²) >= 11 is 0. The van der Waals surface area contributed by atoms with Gasteiger partial charge in [0.25, 0.3) is 0 Å². The molecule has 35 heavy (non-hydrogen) atoms. The molecule has 0 atom stereocenters. The number of methoxy groups -OCH3 is 4. The number of nitrogens with one attached hydrogen (secondary N) is 1. The molecule has 0 saturated heterocycles. The zero-order chi connectivity index (χ0) is 26.3. The van der Waals surface area contributed by atoms with Crippen LogP contribution in [0, 0.1) is 0 Å². The molecule has 0 spiro atoms. The van der Waals surface area contributed by atoms with Crippen molar-refractivity contribution in [2.45, 2.75) is 40.2 Å². The summed E-state index contributed by atoms with van der Waals surface area (Å²) in [5, 5.41) is 3.25. The quantitative estimate of drug-likeness (QED) is 0.431. The summed E-state index contributed by atoms with van der Waals surface area (Å²) in [4.78, 5) is 24.8. The van der Waals surface area contributed by atoms with Crippen molar-refractivity contribution < 1.29 is 32.9 Å². The number of hydrogen-bond acceptors (Lipinski definition) is 8. The molecule has 1 aromatic heterocycles. The van der Waals surface area contributed by atoms with Crippen molar-refractivity contribution in [2.75, 3.05) is 33.8 Å². The highest BCUT2D eigenvalue weighted by Crippen LogP contribution is 2.45. The largest absolute Gasteiger partial charge is 0.495 e. The number of hydrogen-bond donors (Lipinski definition) is 1. The highest BCUT2D eigenvalue weighted by atomic mass is 16.6. The zero-order valence-electron chi connectivity index (χ0n) is 21.7. The molecule has 0 radical (unpaired) electrons. The third-order valence-electron chi connectivity index (χ3n) is 4.69. The van der Waals surface area contributed by atoms with Gasteiger partial charge in [0.2, 0.25) is 11.5 Å². The van der Waals surface area contributed by atoms with Gasteiger partial charge in [0.15, 0.2) is 11.3 Å². The normalized spacial score (nSPS) is 10.7. The second kappa shape index (κ2) is 11.5. The maximum absolute atomic E-state index is 12.4. The molecule has 0 bridgehead atoms. The lowest BCUT2D eigenvalue weighted by Gasteiger charge is -2.20. The Bertz CT molecular complexity index is 1240. The minimum Gasteiger partial charge on any atom is -0.495 e. The zero-order valence-corrected chi connectivity index (χ0v) is 21.7. The van der Waals surface area contributed by atoms with Crippen LogP contribution in [-0.2, 0) is 4.74 Å². The second-order valence-corrected chi connectivity index (χ2v) is 8.04. The Balaban J connectivity index is 0.00000210. The summed E-state index contributed by atoms with van der Waals surface area (Å²) in [5.41, 5.74) is 0.480. The molecule has 0 fully saturated rings. The van der Waals surface area contributed by atoms with Crippen molar-refractivity contribution in [3.63, 3.8) is 0 Å². The van der Waals surface area contributed by atoms with E-state index in [1.54, 1.807) is 45.0 Å². The third kappa shape index (κ3) is 6.17. The fraction of sp³-hybridized carbons (Fsp3) is 0.385. The fourth-order valence-corrected chi connectivity index (χ4v) is 3.38. The van der Waals surface area contributed by atoms with E-state index in [1.807, 2.05) is 13.8 Å². The Morgan fingerprint density at radius 3 is 2.03 bits per heavy atom. The molecule has 9 nitrogen and oxygen atoms in total. The van der Waals surface area contributed by atoms with Crippen LogP contribution in [0.25, 0.3) is 22.1 Å². The molecule has 0 aliphatic heterocycles. The first-order chi connectivity index (χ1) is 16.6. The van der Waals surface area contributed by atoms with Gasteiger partial charge >= 0.3 is 11.7 Å². The Kier molecular flexibility index (Phi) is 8.99. The maximum Gasteiger partial charge on any atom is 0.412 e. The summed E-state index contributed by atoms with van der Waals surface area (Å²) in [6.45, 7) is 9.31. The van der Waals surface area contributed by atoms with Gasteiger partial charge in [0, 0.05) is 17.0 Å². The standard InChI is InChI=1S/C24H27NO8.C2H6/c1-24(2,3)33-23(27)25-16-10-13(8-9-17(16)28-4)14-12-19(26)32-20-15(14)11-18(29-5)21(30-6)22(20)31-7;1-2/h8-12H,1-7H3,(H,25,27);1-2H3. The number of fused-ring (bicyclic) bond motifs is 1. The van der Waals surface area contributed by atoms with Crippen LogP contribution in [0.5, 0.6) is 23.0 Å². The first-order valence-corrected chi connectivity index (χ1v) is 11.1. The van der Waals surface area contributed by atoms with Crippen molar-refractivity contribution in [3.8, 4) is 34.1 Å². The van der Waals surface area contributed by atoms with Crippen LogP contribution in [0.1, 0.15) is 34.6 Å². The van der Waals surface area contributed by atoms with E-state index in [2.05, 4.69) is 5.32 Å². The van der Waals surface area contributed by atoms with Gasteiger partial charge in [-0.15, -0.1) is 0 Å². The molecule has 1 heterocycles. The van der Waals surface area contributed by atoms with Crippen LogP contribution in [-0.4, -0.2) is 40.1 Å². The monoisotopic (exact) mass is 487 g/mol. The van der Waals surface area contributed by atoms with Gasteiger partial charge in [-0.3, -0.25) is 5.32 Å². The van der Waals surface area contributed by atoms with E-state index in [0.717, 1.165) is 0 Å². The maximum atomic E-state index is 12.4. The lowest BCUT2D eigenvalue weighted by atomic mass is 10.00. The van der Waals surface area contributed by atoms with Gasteiger partial charge in [0.1, 0.15) is 11.4 Å². The molecule has 1 N–H and O–H groups in total. The highest BCUT2D eigenvalue weighted by Gasteiger charge is 2.22.